The van der Waals surface area contributed by atoms with Crippen molar-refractivity contribution in [2.24, 2.45) is 0 Å². The van der Waals surface area contributed by atoms with Gasteiger partial charge in [0, 0.05) is 5.56 Å². The van der Waals surface area contributed by atoms with Crippen LogP contribution in [0.2, 0.25) is 5.02 Å². The van der Waals surface area contributed by atoms with E-state index >= 15 is 0 Å². The van der Waals surface area contributed by atoms with Gasteiger partial charge in [-0.05, 0) is 69.2 Å². The summed E-state index contributed by atoms with van der Waals surface area (Å²) in [6.45, 7) is 0.00636. The Morgan fingerprint density at radius 2 is 1.82 bits per heavy atom. The third kappa shape index (κ3) is 5.17. The van der Waals surface area contributed by atoms with Gasteiger partial charge >= 0.3 is 0 Å². The van der Waals surface area contributed by atoms with Crippen LogP contribution in [0.4, 0.5) is 9.18 Å². The molecule has 0 atom stereocenters. The number of rotatable bonds is 6. The molecule has 1 heterocycles. The van der Waals surface area contributed by atoms with Crippen molar-refractivity contribution < 1.29 is 18.7 Å². The topological polar surface area (TPSA) is 70.4 Å². The van der Waals surface area contributed by atoms with E-state index in [4.69, 9.17) is 16.3 Å². The number of nitrogens with zero attached hydrogens (tertiary/aromatic N) is 2. The molecule has 0 N–H and O–H groups in total. The summed E-state index contributed by atoms with van der Waals surface area (Å²) in [6.07, 6.45) is 1.57. The van der Waals surface area contributed by atoms with E-state index in [-0.39, 0.29) is 28.9 Å². The van der Waals surface area contributed by atoms with Crippen molar-refractivity contribution in [3.8, 4) is 11.8 Å². The fourth-order valence-electron chi connectivity index (χ4n) is 3.29. The standard InChI is InChI=1S/C25H15BrClFN2O3S/c26-19-9-15(10-20(27)23(19)33-14-18-7-3-4-8-21(18)28)11-22-24(31)30(25(32)34-22)13-17-6-2-1-5-16(17)12-29/h1-11H,13-14H2/b22-11+. The van der Waals surface area contributed by atoms with Gasteiger partial charge in [-0.25, -0.2) is 4.39 Å². The normalized spacial score (nSPS) is 14.5. The lowest BCUT2D eigenvalue weighted by Gasteiger charge is -2.13. The number of benzene rings is 3. The van der Waals surface area contributed by atoms with Crippen LogP contribution in [0.1, 0.15) is 22.3 Å². The predicted octanol–water partition coefficient (Wildman–Crippen LogP) is 6.93. The first kappa shape index (κ1) is 24.0. The highest BCUT2D eigenvalue weighted by molar-refractivity contribution is 9.10. The Bertz CT molecular complexity index is 1350. The largest absolute Gasteiger partial charge is 0.486 e. The second-order valence-electron chi connectivity index (χ2n) is 7.23. The van der Waals surface area contributed by atoms with Gasteiger partial charge in [-0.3, -0.25) is 14.5 Å². The Morgan fingerprint density at radius 3 is 2.53 bits per heavy atom. The first-order chi connectivity index (χ1) is 16.4. The van der Waals surface area contributed by atoms with Crippen molar-refractivity contribution in [3.05, 3.63) is 103 Å². The molecule has 0 aliphatic carbocycles. The summed E-state index contributed by atoms with van der Waals surface area (Å²) in [4.78, 5) is 26.7. The van der Waals surface area contributed by atoms with Crippen LogP contribution in [-0.2, 0) is 17.9 Å². The van der Waals surface area contributed by atoms with E-state index in [1.165, 1.54) is 6.07 Å². The van der Waals surface area contributed by atoms with Gasteiger partial charge < -0.3 is 4.74 Å². The van der Waals surface area contributed by atoms with Gasteiger partial charge in [-0.1, -0.05) is 48.0 Å². The van der Waals surface area contributed by atoms with Crippen LogP contribution < -0.4 is 4.74 Å². The number of hydrogen-bond donors (Lipinski definition) is 0. The molecule has 3 aromatic carbocycles. The van der Waals surface area contributed by atoms with Crippen LogP contribution in [0, 0.1) is 17.1 Å². The summed E-state index contributed by atoms with van der Waals surface area (Å²) in [7, 11) is 0. The maximum atomic E-state index is 13.9. The monoisotopic (exact) mass is 556 g/mol. The Kier molecular flexibility index (Phi) is 7.37. The molecule has 0 unspecified atom stereocenters. The minimum atomic E-state index is -0.449. The number of carbonyl (C=O) groups is 2. The lowest BCUT2D eigenvalue weighted by Crippen LogP contribution is -2.27. The van der Waals surface area contributed by atoms with E-state index in [1.54, 1.807) is 60.7 Å². The van der Waals surface area contributed by atoms with E-state index in [0.29, 0.717) is 32.5 Å². The van der Waals surface area contributed by atoms with Crippen LogP contribution >= 0.6 is 39.3 Å². The van der Waals surface area contributed by atoms with Crippen LogP contribution in [0.15, 0.2) is 70.0 Å². The molecule has 5 nitrogen and oxygen atoms in total. The highest BCUT2D eigenvalue weighted by atomic mass is 79.9. The molecule has 1 fully saturated rings. The average Bonchev–Trinajstić information content (AvgIpc) is 3.07. The van der Waals surface area contributed by atoms with Crippen molar-refractivity contribution in [1.82, 2.24) is 4.90 Å². The van der Waals surface area contributed by atoms with Gasteiger partial charge in [0.25, 0.3) is 11.1 Å². The zero-order valence-electron chi connectivity index (χ0n) is 17.4. The fraction of sp³-hybridized carbons (Fsp3) is 0.0800. The van der Waals surface area contributed by atoms with Crippen molar-refractivity contribution >= 4 is 56.5 Å². The number of amides is 2. The molecule has 1 aliphatic rings. The van der Waals surface area contributed by atoms with E-state index in [2.05, 4.69) is 22.0 Å². The van der Waals surface area contributed by atoms with Crippen LogP contribution in [0.25, 0.3) is 6.08 Å². The summed E-state index contributed by atoms with van der Waals surface area (Å²) >= 11 is 10.6. The Hall–Kier alpha value is -3.12. The Balaban J connectivity index is 1.52. The number of ether oxygens (including phenoxy) is 1. The molecule has 9 heteroatoms. The summed E-state index contributed by atoms with van der Waals surface area (Å²) in [5.41, 5.74) is 1.97. The molecule has 0 radical (unpaired) electrons. The minimum Gasteiger partial charge on any atom is -0.486 e. The van der Waals surface area contributed by atoms with Crippen molar-refractivity contribution in [3.63, 3.8) is 0 Å². The van der Waals surface area contributed by atoms with Crippen molar-refractivity contribution in [1.29, 1.82) is 5.26 Å². The first-order valence-electron chi connectivity index (χ1n) is 9.96. The van der Waals surface area contributed by atoms with E-state index < -0.39 is 11.1 Å². The van der Waals surface area contributed by atoms with Crippen molar-refractivity contribution in [2.45, 2.75) is 13.2 Å². The molecule has 4 rings (SSSR count). The summed E-state index contributed by atoms with van der Waals surface area (Å²) < 4.78 is 20.1. The first-order valence-corrected chi connectivity index (χ1v) is 11.9. The van der Waals surface area contributed by atoms with E-state index in [1.807, 2.05) is 0 Å². The SMILES string of the molecule is N#Cc1ccccc1CN1C(=O)S/C(=C/c2cc(Cl)c(OCc3ccccc3F)c(Br)c2)C1=O. The molecule has 2 amide bonds. The number of imide groups is 1. The number of thioether (sulfide) groups is 1. The molecule has 1 aliphatic heterocycles. The maximum Gasteiger partial charge on any atom is 0.293 e. The summed E-state index contributed by atoms with van der Waals surface area (Å²) in [6, 6.07) is 18.5. The van der Waals surface area contributed by atoms with Gasteiger partial charge in [0.1, 0.15) is 12.4 Å². The minimum absolute atomic E-state index is 0.00655. The van der Waals surface area contributed by atoms with Gasteiger partial charge in [0.05, 0.1) is 32.6 Å². The quantitative estimate of drug-likeness (QED) is 0.307. The highest BCUT2D eigenvalue weighted by Gasteiger charge is 2.35. The van der Waals surface area contributed by atoms with Gasteiger partial charge in [0.2, 0.25) is 0 Å². The zero-order chi connectivity index (χ0) is 24.2. The molecule has 0 aromatic heterocycles. The zero-order valence-corrected chi connectivity index (χ0v) is 20.6. The van der Waals surface area contributed by atoms with Crippen LogP contribution in [-0.4, -0.2) is 16.0 Å². The fourth-order valence-corrected chi connectivity index (χ4v) is 5.12. The summed E-state index contributed by atoms with van der Waals surface area (Å²) in [5.74, 6) is -0.488. The second-order valence-corrected chi connectivity index (χ2v) is 9.49. The van der Waals surface area contributed by atoms with Crippen LogP contribution in [0.3, 0.4) is 0 Å². The molecule has 34 heavy (non-hydrogen) atoms. The van der Waals surface area contributed by atoms with Crippen molar-refractivity contribution in [2.75, 3.05) is 0 Å². The lowest BCUT2D eigenvalue weighted by molar-refractivity contribution is -0.123. The third-order valence-electron chi connectivity index (χ3n) is 4.99. The number of hydrogen-bond acceptors (Lipinski definition) is 5. The third-order valence-corrected chi connectivity index (χ3v) is 6.77. The average molecular weight is 558 g/mol. The van der Waals surface area contributed by atoms with Gasteiger partial charge in [-0.15, -0.1) is 0 Å². The molecule has 1 saturated heterocycles. The molecular weight excluding hydrogens is 543 g/mol. The highest BCUT2D eigenvalue weighted by Crippen LogP contribution is 2.38. The van der Waals surface area contributed by atoms with E-state index in [0.717, 1.165) is 16.7 Å². The Morgan fingerprint density at radius 1 is 1.12 bits per heavy atom. The molecule has 0 bridgehead atoms. The maximum absolute atomic E-state index is 13.9. The number of carbonyl (C=O) groups excluding carboxylic acids is 2. The Labute approximate surface area is 212 Å². The number of nitriles is 1. The molecular formula is C25H15BrClFN2O3S. The van der Waals surface area contributed by atoms with Gasteiger partial charge in [-0.2, -0.15) is 5.26 Å². The number of halogens is 3. The lowest BCUT2D eigenvalue weighted by atomic mass is 10.1. The molecule has 170 valence electrons. The molecule has 0 spiro atoms. The molecule has 0 saturated carbocycles. The van der Waals surface area contributed by atoms with Crippen LogP contribution in [0.5, 0.6) is 5.75 Å². The smallest absolute Gasteiger partial charge is 0.293 e. The summed E-state index contributed by atoms with van der Waals surface area (Å²) in [5, 5.41) is 9.11. The molecule has 3 aromatic rings. The second kappa shape index (κ2) is 10.4. The van der Waals surface area contributed by atoms with E-state index in [9.17, 15) is 19.2 Å². The predicted molar refractivity (Wildman–Crippen MR) is 133 cm³/mol. The van der Waals surface area contributed by atoms with Gasteiger partial charge in [0.15, 0.2) is 5.75 Å².